The van der Waals surface area contributed by atoms with Crippen LogP contribution in [0.5, 0.6) is 17.2 Å². The molecule has 182 valence electrons. The third kappa shape index (κ3) is 5.74. The van der Waals surface area contributed by atoms with E-state index >= 15 is 0 Å². The molecule has 2 aromatic carbocycles. The fourth-order valence-electron chi connectivity index (χ4n) is 3.67. The van der Waals surface area contributed by atoms with Gasteiger partial charge in [-0.25, -0.2) is 0 Å². The van der Waals surface area contributed by atoms with Gasteiger partial charge in [0.15, 0.2) is 17.3 Å². The topological polar surface area (TPSA) is 96.6 Å². The first-order valence-electron chi connectivity index (χ1n) is 11.5. The highest BCUT2D eigenvalue weighted by Crippen LogP contribution is 2.32. The van der Waals surface area contributed by atoms with Crippen LogP contribution in [0.15, 0.2) is 52.1 Å². The number of hydrazone groups is 1. The molecule has 1 N–H and O–H groups in total. The third-order valence-electron chi connectivity index (χ3n) is 5.18. The highest BCUT2D eigenvalue weighted by Gasteiger charge is 2.35. The van der Waals surface area contributed by atoms with E-state index in [1.807, 2.05) is 45.9 Å². The summed E-state index contributed by atoms with van der Waals surface area (Å²) in [5.41, 5.74) is 3.17. The number of hydrogen-bond acceptors (Lipinski definition) is 7. The highest BCUT2D eigenvalue weighted by atomic mass is 32.2. The van der Waals surface area contributed by atoms with Crippen LogP contribution in [0.4, 0.5) is 0 Å². The summed E-state index contributed by atoms with van der Waals surface area (Å²) in [6.07, 6.45) is 2.35. The Balaban J connectivity index is 1.46. The number of carbonyl (C=O) groups is 1. The number of ether oxygens (including phenoxy) is 3. The first-order valence-corrected chi connectivity index (χ1v) is 12.3. The maximum atomic E-state index is 12.6. The maximum absolute atomic E-state index is 12.6. The molecular weight excluding hydrogens is 464 g/mol. The summed E-state index contributed by atoms with van der Waals surface area (Å²) in [4.78, 5) is 16.7. The Labute approximate surface area is 209 Å². The number of benzene rings is 2. The van der Waals surface area contributed by atoms with Gasteiger partial charge in [-0.2, -0.15) is 15.1 Å². The van der Waals surface area contributed by atoms with E-state index in [9.17, 15) is 4.79 Å². The Morgan fingerprint density at radius 3 is 2.46 bits per heavy atom. The number of carbonyl (C=O) groups excluding carboxylic acids is 1. The zero-order chi connectivity index (χ0) is 24.9. The summed E-state index contributed by atoms with van der Waals surface area (Å²) >= 11 is 1.32. The molecule has 0 fully saturated rings. The molecule has 0 bridgehead atoms. The van der Waals surface area contributed by atoms with E-state index in [2.05, 4.69) is 16.2 Å². The molecule has 2 aliphatic rings. The van der Waals surface area contributed by atoms with Crippen molar-refractivity contribution in [2.24, 2.45) is 10.1 Å². The molecule has 0 atom stereocenters. The van der Waals surface area contributed by atoms with E-state index in [-0.39, 0.29) is 11.4 Å². The van der Waals surface area contributed by atoms with Crippen molar-refractivity contribution >= 4 is 39.8 Å². The second-order valence-electron chi connectivity index (χ2n) is 8.03. The number of nitrogens with one attached hydrogen (secondary N) is 1. The fraction of sp³-hybridized carbons (Fsp3) is 0.308. The van der Waals surface area contributed by atoms with E-state index in [0.717, 1.165) is 28.3 Å². The second kappa shape index (κ2) is 10.8. The van der Waals surface area contributed by atoms with Gasteiger partial charge in [-0.3, -0.25) is 10.2 Å². The normalized spacial score (nSPS) is 16.2. The molecule has 2 aromatic rings. The molecule has 0 unspecified atom stereocenters. The lowest BCUT2D eigenvalue weighted by Gasteiger charge is -2.20. The SMILES string of the molecule is CCOc1cc(C=C2C(=N)N3N=C(CC)SC3=NC2=O)ccc1OCCOc1cc(C)cc(C)c1. The zero-order valence-corrected chi connectivity index (χ0v) is 21.1. The Bertz CT molecular complexity index is 1230. The number of nitrogens with zero attached hydrogens (tertiary/aromatic N) is 3. The van der Waals surface area contributed by atoms with Gasteiger partial charge in [0, 0.05) is 0 Å². The molecule has 0 aromatic heterocycles. The van der Waals surface area contributed by atoms with Gasteiger partial charge in [-0.05, 0) is 86.0 Å². The molecule has 1 amide bonds. The minimum absolute atomic E-state index is 0.0118. The zero-order valence-electron chi connectivity index (χ0n) is 20.3. The van der Waals surface area contributed by atoms with Crippen LogP contribution < -0.4 is 14.2 Å². The molecule has 0 aliphatic carbocycles. The van der Waals surface area contributed by atoms with E-state index in [1.54, 1.807) is 18.2 Å². The van der Waals surface area contributed by atoms with Crippen molar-refractivity contribution in [2.75, 3.05) is 19.8 Å². The monoisotopic (exact) mass is 492 g/mol. The molecule has 0 radical (unpaired) electrons. The lowest BCUT2D eigenvalue weighted by molar-refractivity contribution is -0.114. The van der Waals surface area contributed by atoms with Gasteiger partial charge in [0.05, 0.1) is 12.2 Å². The number of aryl methyl sites for hydroxylation is 2. The number of amidine groups is 2. The van der Waals surface area contributed by atoms with E-state index in [0.29, 0.717) is 42.1 Å². The fourth-order valence-corrected chi connectivity index (χ4v) is 4.50. The van der Waals surface area contributed by atoms with Crippen molar-refractivity contribution in [3.8, 4) is 17.2 Å². The van der Waals surface area contributed by atoms with Gasteiger partial charge in [0.1, 0.15) is 24.0 Å². The summed E-state index contributed by atoms with van der Waals surface area (Å²) < 4.78 is 17.5. The van der Waals surface area contributed by atoms with Crippen molar-refractivity contribution in [2.45, 2.75) is 34.1 Å². The Hall–Kier alpha value is -3.59. The lowest BCUT2D eigenvalue weighted by Crippen LogP contribution is -2.35. The third-order valence-corrected chi connectivity index (χ3v) is 6.23. The number of amides is 1. The summed E-state index contributed by atoms with van der Waals surface area (Å²) in [6.45, 7) is 9.13. The van der Waals surface area contributed by atoms with Crippen molar-refractivity contribution < 1.29 is 19.0 Å². The molecular formula is C26H28N4O4S. The number of hydrogen-bond donors (Lipinski definition) is 1. The first-order chi connectivity index (χ1) is 16.9. The molecule has 2 heterocycles. The summed E-state index contributed by atoms with van der Waals surface area (Å²) in [5, 5.41) is 15.5. The number of rotatable bonds is 9. The van der Waals surface area contributed by atoms with Gasteiger partial charge in [0.2, 0.25) is 5.17 Å². The molecule has 4 rings (SSSR count). The summed E-state index contributed by atoms with van der Waals surface area (Å²) in [7, 11) is 0. The quantitative estimate of drug-likeness (QED) is 0.382. The lowest BCUT2D eigenvalue weighted by atomic mass is 10.1. The van der Waals surface area contributed by atoms with Crippen LogP contribution >= 0.6 is 11.8 Å². The van der Waals surface area contributed by atoms with Gasteiger partial charge in [-0.1, -0.05) is 19.1 Å². The molecule has 35 heavy (non-hydrogen) atoms. The smallest absolute Gasteiger partial charge is 0.283 e. The number of aliphatic imine (C=N–C) groups is 1. The Kier molecular flexibility index (Phi) is 7.55. The summed E-state index contributed by atoms with van der Waals surface area (Å²) in [5.74, 6) is 1.50. The standard InChI is InChI=1S/C26H28N4O4S/c1-5-23-29-30-24(27)20(25(31)28-26(30)35-23)14-18-7-8-21(22(15-18)32-6-2)34-10-9-33-19-12-16(3)11-17(4)13-19/h7-8,11-15,27H,5-6,9-10H2,1-4H3. The van der Waals surface area contributed by atoms with Crippen LogP contribution in [0.2, 0.25) is 0 Å². The predicted octanol–water partition coefficient (Wildman–Crippen LogP) is 5.19. The Morgan fingerprint density at radius 2 is 1.74 bits per heavy atom. The van der Waals surface area contributed by atoms with Gasteiger partial charge in [0.25, 0.3) is 5.91 Å². The van der Waals surface area contributed by atoms with E-state index in [4.69, 9.17) is 19.6 Å². The molecule has 2 aliphatic heterocycles. The van der Waals surface area contributed by atoms with Gasteiger partial charge >= 0.3 is 0 Å². The maximum Gasteiger partial charge on any atom is 0.283 e. The summed E-state index contributed by atoms with van der Waals surface area (Å²) in [6, 6.07) is 11.5. The number of fused-ring (bicyclic) bond motifs is 1. The minimum Gasteiger partial charge on any atom is -0.490 e. The van der Waals surface area contributed by atoms with Crippen LogP contribution in [0.3, 0.4) is 0 Å². The van der Waals surface area contributed by atoms with Gasteiger partial charge in [-0.15, -0.1) is 0 Å². The van der Waals surface area contributed by atoms with Gasteiger partial charge < -0.3 is 14.2 Å². The van der Waals surface area contributed by atoms with Crippen LogP contribution in [0.25, 0.3) is 6.08 Å². The highest BCUT2D eigenvalue weighted by molar-refractivity contribution is 8.26. The van der Waals surface area contributed by atoms with E-state index < -0.39 is 5.91 Å². The molecule has 0 spiro atoms. The first kappa shape index (κ1) is 24.5. The van der Waals surface area contributed by atoms with Crippen molar-refractivity contribution in [1.29, 1.82) is 5.41 Å². The van der Waals surface area contributed by atoms with Crippen LogP contribution in [0.1, 0.15) is 37.0 Å². The van der Waals surface area contributed by atoms with Crippen molar-refractivity contribution in [1.82, 2.24) is 5.01 Å². The van der Waals surface area contributed by atoms with Crippen LogP contribution in [0, 0.1) is 19.3 Å². The molecule has 0 saturated carbocycles. The van der Waals surface area contributed by atoms with Crippen molar-refractivity contribution in [3.63, 3.8) is 0 Å². The van der Waals surface area contributed by atoms with Crippen LogP contribution in [-0.4, -0.2) is 46.8 Å². The average molecular weight is 493 g/mol. The molecule has 9 heteroatoms. The minimum atomic E-state index is -0.455. The second-order valence-corrected chi connectivity index (χ2v) is 9.07. The van der Waals surface area contributed by atoms with Crippen LogP contribution in [-0.2, 0) is 4.79 Å². The van der Waals surface area contributed by atoms with Crippen molar-refractivity contribution in [3.05, 3.63) is 58.7 Å². The molecule has 8 nitrogen and oxygen atoms in total. The predicted molar refractivity (Wildman–Crippen MR) is 140 cm³/mol. The largest absolute Gasteiger partial charge is 0.490 e. The average Bonchev–Trinajstić information content (AvgIpc) is 3.23. The Morgan fingerprint density at radius 1 is 1.00 bits per heavy atom. The number of thioether (sulfide) groups is 1. The molecule has 0 saturated heterocycles. The van der Waals surface area contributed by atoms with E-state index in [1.165, 1.54) is 16.8 Å².